The summed E-state index contributed by atoms with van der Waals surface area (Å²) >= 11 is 0. The van der Waals surface area contributed by atoms with Gasteiger partial charge in [-0.1, -0.05) is 33.5 Å². The maximum Gasteiger partial charge on any atom is 0.203 e. The molecule has 0 aliphatic rings. The van der Waals surface area contributed by atoms with Crippen LogP contribution < -0.4 is 0 Å². The van der Waals surface area contributed by atoms with Gasteiger partial charge in [-0.05, 0) is 46.0 Å². The summed E-state index contributed by atoms with van der Waals surface area (Å²) in [5.41, 5.74) is 0.477. The van der Waals surface area contributed by atoms with Gasteiger partial charge in [0, 0.05) is 5.73 Å². The monoisotopic (exact) mass is 320 g/mol. The summed E-state index contributed by atoms with van der Waals surface area (Å²) in [5, 5.41) is -0.0163. The normalized spacial score (nSPS) is 19.9. The van der Waals surface area contributed by atoms with E-state index in [1.165, 1.54) is 0 Å². The first kappa shape index (κ1) is 19.6. The minimum Gasteiger partial charge on any atom is -0.418 e. The molecule has 0 spiro atoms. The van der Waals surface area contributed by atoms with Crippen LogP contribution in [0.5, 0.6) is 0 Å². The highest BCUT2D eigenvalue weighted by molar-refractivity contribution is 6.78. The van der Waals surface area contributed by atoms with Crippen molar-refractivity contribution in [2.75, 3.05) is 0 Å². The lowest BCUT2D eigenvalue weighted by Crippen LogP contribution is -2.54. The van der Waals surface area contributed by atoms with Crippen molar-refractivity contribution in [3.8, 4) is 0 Å². The summed E-state index contributed by atoms with van der Waals surface area (Å²) < 4.78 is 13.0. The fourth-order valence-corrected chi connectivity index (χ4v) is 10.7. The van der Waals surface area contributed by atoms with Gasteiger partial charge in [0.15, 0.2) is 8.32 Å². The first-order chi connectivity index (χ1) is 8.35. The van der Waals surface area contributed by atoms with Gasteiger partial charge in [-0.3, -0.25) is 0 Å². The molecule has 0 bridgehead atoms. The van der Waals surface area contributed by atoms with Gasteiger partial charge < -0.3 is 8.85 Å². The first-order valence-electron chi connectivity index (χ1n) is 7.71. The van der Waals surface area contributed by atoms with E-state index in [2.05, 4.69) is 66.6 Å². The van der Waals surface area contributed by atoms with Crippen molar-refractivity contribution >= 4 is 25.4 Å². The second kappa shape index (κ2) is 7.02. The third kappa shape index (κ3) is 6.71. The Kier molecular flexibility index (Phi) is 7.23. The minimum absolute atomic E-state index is 0.0163. The quantitative estimate of drug-likeness (QED) is 0.610. The molecule has 0 rings (SSSR count). The fraction of sp³-hybridized carbons (Fsp3) is 1.00. The van der Waals surface area contributed by atoms with Crippen molar-refractivity contribution in [2.24, 2.45) is 0 Å². The van der Waals surface area contributed by atoms with Gasteiger partial charge in [0.1, 0.15) is 0 Å². The van der Waals surface area contributed by atoms with E-state index >= 15 is 0 Å². The number of rotatable bonds is 8. The predicted molar refractivity (Wildman–Crippen MR) is 94.7 cm³/mol. The van der Waals surface area contributed by atoms with Gasteiger partial charge in [-0.2, -0.15) is 0 Å². The zero-order valence-electron chi connectivity index (χ0n) is 14.9. The summed E-state index contributed by atoms with van der Waals surface area (Å²) in [6, 6.07) is 0. The van der Waals surface area contributed by atoms with E-state index in [1.54, 1.807) is 0 Å². The molecular formula is C14H36O2Si3. The molecule has 0 aliphatic carbocycles. The summed E-state index contributed by atoms with van der Waals surface area (Å²) in [7, 11) is -4.11. The van der Waals surface area contributed by atoms with Crippen molar-refractivity contribution in [1.29, 1.82) is 0 Å². The molecule has 0 fully saturated rings. The average molecular weight is 321 g/mol. The molecule has 0 aliphatic heterocycles. The van der Waals surface area contributed by atoms with Crippen LogP contribution in [0.25, 0.3) is 0 Å². The topological polar surface area (TPSA) is 18.5 Å². The molecule has 0 radical (unpaired) electrons. The Morgan fingerprint density at radius 1 is 1.05 bits per heavy atom. The molecule has 19 heavy (non-hydrogen) atoms. The predicted octanol–water partition coefficient (Wildman–Crippen LogP) is 4.57. The van der Waals surface area contributed by atoms with Gasteiger partial charge in [0.25, 0.3) is 0 Å². The molecule has 2 nitrogen and oxygen atoms in total. The molecular weight excluding hydrogens is 284 g/mol. The van der Waals surface area contributed by atoms with E-state index in [0.717, 1.165) is 12.8 Å². The third-order valence-corrected chi connectivity index (χ3v) is 10.9. The van der Waals surface area contributed by atoms with Crippen LogP contribution in [-0.4, -0.2) is 36.4 Å². The van der Waals surface area contributed by atoms with E-state index in [1.807, 2.05) is 0 Å². The zero-order chi connectivity index (χ0) is 15.5. The lowest BCUT2D eigenvalue weighted by molar-refractivity contribution is 0.119. The van der Waals surface area contributed by atoms with Gasteiger partial charge in [-0.15, -0.1) is 0 Å². The molecule has 0 aromatic rings. The van der Waals surface area contributed by atoms with E-state index in [0.29, 0.717) is 5.73 Å². The highest BCUT2D eigenvalue weighted by Gasteiger charge is 2.40. The molecule has 0 N–H and O–H groups in total. The Bertz CT molecular complexity index is 271. The van der Waals surface area contributed by atoms with Gasteiger partial charge >= 0.3 is 0 Å². The van der Waals surface area contributed by atoms with E-state index in [-0.39, 0.29) is 5.22 Å². The van der Waals surface area contributed by atoms with Crippen molar-refractivity contribution in [2.45, 2.75) is 90.4 Å². The maximum absolute atomic E-state index is 6.56. The van der Waals surface area contributed by atoms with Crippen LogP contribution in [0.15, 0.2) is 0 Å². The number of hydrogen-bond acceptors (Lipinski definition) is 2. The van der Waals surface area contributed by atoms with Crippen molar-refractivity contribution in [1.82, 2.24) is 0 Å². The summed E-state index contributed by atoms with van der Waals surface area (Å²) in [4.78, 5) is 0. The van der Waals surface area contributed by atoms with Crippen LogP contribution in [-0.2, 0) is 8.85 Å². The van der Waals surface area contributed by atoms with Crippen LogP contribution in [0.3, 0.4) is 0 Å². The molecule has 0 amide bonds. The SMILES string of the molecule is CCC(O[SiH](C)C(C)(CC)O[Si](C)(C)C)[Si](C)(C)C. The van der Waals surface area contributed by atoms with Crippen LogP contribution in [0.4, 0.5) is 0 Å². The Hall–Kier alpha value is 0.571. The largest absolute Gasteiger partial charge is 0.418 e. The Labute approximate surface area is 125 Å². The molecule has 0 heterocycles. The summed E-state index contributed by atoms with van der Waals surface area (Å²) in [6.07, 6.45) is 2.20. The van der Waals surface area contributed by atoms with Gasteiger partial charge in [0.2, 0.25) is 9.04 Å². The van der Waals surface area contributed by atoms with Crippen LogP contribution in [0.2, 0.25) is 45.8 Å². The molecule has 116 valence electrons. The molecule has 5 heteroatoms. The average Bonchev–Trinajstić information content (AvgIpc) is 2.21. The highest BCUT2D eigenvalue weighted by atomic mass is 28.4. The third-order valence-electron chi connectivity index (χ3n) is 3.81. The van der Waals surface area contributed by atoms with Crippen molar-refractivity contribution < 1.29 is 8.85 Å². The Balaban J connectivity index is 4.89. The molecule has 0 aromatic carbocycles. The highest BCUT2D eigenvalue weighted by Crippen LogP contribution is 2.27. The smallest absolute Gasteiger partial charge is 0.203 e. The molecule has 0 aromatic heterocycles. The Morgan fingerprint density at radius 2 is 1.53 bits per heavy atom. The molecule has 0 saturated heterocycles. The minimum atomic E-state index is -1.52. The number of hydrogen-bond donors (Lipinski definition) is 0. The lowest BCUT2D eigenvalue weighted by atomic mass is 10.3. The Morgan fingerprint density at radius 3 is 1.79 bits per heavy atom. The summed E-state index contributed by atoms with van der Waals surface area (Å²) in [6.45, 7) is 23.1. The maximum atomic E-state index is 6.56. The molecule has 3 unspecified atom stereocenters. The molecule has 0 saturated carbocycles. The van der Waals surface area contributed by atoms with E-state index < -0.39 is 25.4 Å². The molecule has 3 atom stereocenters. The van der Waals surface area contributed by atoms with Crippen molar-refractivity contribution in [3.63, 3.8) is 0 Å². The van der Waals surface area contributed by atoms with Gasteiger partial charge in [0.05, 0.1) is 13.3 Å². The van der Waals surface area contributed by atoms with Crippen LogP contribution in [0, 0.1) is 0 Å². The first-order valence-corrected chi connectivity index (χ1v) is 16.9. The second-order valence-electron chi connectivity index (χ2n) is 7.92. The van der Waals surface area contributed by atoms with Crippen molar-refractivity contribution in [3.05, 3.63) is 0 Å². The van der Waals surface area contributed by atoms with Gasteiger partial charge in [-0.25, -0.2) is 0 Å². The van der Waals surface area contributed by atoms with E-state index in [4.69, 9.17) is 8.85 Å². The van der Waals surface area contributed by atoms with Crippen LogP contribution in [0.1, 0.15) is 33.6 Å². The lowest BCUT2D eigenvalue weighted by Gasteiger charge is -2.42. The second-order valence-corrected chi connectivity index (χ2v) is 20.5. The summed E-state index contributed by atoms with van der Waals surface area (Å²) in [5.74, 6) is 0. The zero-order valence-corrected chi connectivity index (χ0v) is 18.0. The standard InChI is InChI=1S/C14H36O2Si3/c1-11-13(18(5,6)7)15-17(4)14(3,12-2)16-19(8,9)10/h13,17H,11-12H2,1-10H3. The fourth-order valence-electron chi connectivity index (χ4n) is 2.45. The van der Waals surface area contributed by atoms with E-state index in [9.17, 15) is 0 Å². The van der Waals surface area contributed by atoms with Crippen LogP contribution >= 0.6 is 0 Å².